The van der Waals surface area contributed by atoms with Gasteiger partial charge in [-0.2, -0.15) is 0 Å². The van der Waals surface area contributed by atoms with Crippen LogP contribution in [0.5, 0.6) is 11.5 Å². The minimum absolute atomic E-state index is 0.0718. The van der Waals surface area contributed by atoms with Crippen LogP contribution in [0.3, 0.4) is 0 Å². The molecule has 0 unspecified atom stereocenters. The van der Waals surface area contributed by atoms with Crippen LogP contribution >= 0.6 is 0 Å². The summed E-state index contributed by atoms with van der Waals surface area (Å²) in [4.78, 5) is 29.4. The number of ether oxygens (including phenoxy) is 2. The van der Waals surface area contributed by atoms with Crippen molar-refractivity contribution in [2.45, 2.75) is 44.6 Å². The van der Waals surface area contributed by atoms with E-state index in [1.807, 2.05) is 54.3 Å². The number of amides is 2. The number of carbonyl (C=O) groups is 2. The summed E-state index contributed by atoms with van der Waals surface area (Å²) in [5.74, 6) is 1.93. The highest BCUT2D eigenvalue weighted by atomic mass is 16.5. The van der Waals surface area contributed by atoms with Crippen molar-refractivity contribution in [3.63, 3.8) is 0 Å². The third kappa shape index (κ3) is 5.64. The lowest BCUT2D eigenvalue weighted by Gasteiger charge is -2.37. The molecule has 0 saturated carbocycles. The molecule has 1 N–H and O–H groups in total. The number of hydrogen-bond donors (Lipinski definition) is 1. The summed E-state index contributed by atoms with van der Waals surface area (Å²) in [7, 11) is 1.65. The van der Waals surface area contributed by atoms with E-state index >= 15 is 0 Å². The molecule has 0 bridgehead atoms. The highest BCUT2D eigenvalue weighted by Gasteiger charge is 2.38. The van der Waals surface area contributed by atoms with E-state index in [-0.39, 0.29) is 17.4 Å². The zero-order chi connectivity index (χ0) is 24.0. The van der Waals surface area contributed by atoms with E-state index in [0.29, 0.717) is 39.0 Å². The molecule has 182 valence electrons. The molecule has 4 rings (SSSR count). The largest absolute Gasteiger partial charge is 0.497 e. The van der Waals surface area contributed by atoms with Gasteiger partial charge in [-0.15, -0.1) is 0 Å². The quantitative estimate of drug-likeness (QED) is 0.615. The van der Waals surface area contributed by atoms with E-state index in [4.69, 9.17) is 9.47 Å². The van der Waals surface area contributed by atoms with Gasteiger partial charge >= 0.3 is 0 Å². The van der Waals surface area contributed by atoms with E-state index in [2.05, 4.69) is 16.3 Å². The highest BCUT2D eigenvalue weighted by Crippen LogP contribution is 2.31. The molecule has 0 spiro atoms. The fourth-order valence-electron chi connectivity index (χ4n) is 5.01. The van der Waals surface area contributed by atoms with Crippen LogP contribution in [0.2, 0.25) is 0 Å². The van der Waals surface area contributed by atoms with Crippen molar-refractivity contribution < 1.29 is 19.1 Å². The molecule has 2 fully saturated rings. The summed E-state index contributed by atoms with van der Waals surface area (Å²) < 4.78 is 11.0. The number of benzene rings is 2. The number of piperazine rings is 1. The fourth-order valence-corrected chi connectivity index (χ4v) is 5.01. The minimum Gasteiger partial charge on any atom is -0.497 e. The standard InChI is InChI=1S/C27H35N3O4/c1-3-34-24-7-5-4-6-23(24)29-16-18-30(19-17-29)26(32)13-15-27(14-12-25(31)28-27)20-21-8-10-22(33-2)11-9-21/h4-11H,3,12-20H2,1-2H3,(H,28,31)/t27-/m0/s1. The van der Waals surface area contributed by atoms with Crippen molar-refractivity contribution in [3.05, 3.63) is 54.1 Å². The van der Waals surface area contributed by atoms with Crippen molar-refractivity contribution >= 4 is 17.5 Å². The second-order valence-electron chi connectivity index (χ2n) is 9.12. The van der Waals surface area contributed by atoms with Crippen molar-refractivity contribution in [2.75, 3.05) is 44.8 Å². The SMILES string of the molecule is CCOc1ccccc1N1CCN(C(=O)CC[C@]2(Cc3ccc(OC)cc3)CCC(=O)N2)CC1. The first-order valence-electron chi connectivity index (χ1n) is 12.2. The number of anilines is 1. The van der Waals surface area contributed by atoms with Gasteiger partial charge in [0.25, 0.3) is 0 Å². The van der Waals surface area contributed by atoms with Crippen LogP contribution in [0.1, 0.15) is 38.2 Å². The van der Waals surface area contributed by atoms with Crippen molar-refractivity contribution in [3.8, 4) is 11.5 Å². The van der Waals surface area contributed by atoms with Gasteiger partial charge < -0.3 is 24.6 Å². The fraction of sp³-hybridized carbons (Fsp3) is 0.481. The second kappa shape index (κ2) is 10.8. The molecule has 2 aromatic rings. The molecule has 2 aliphatic heterocycles. The van der Waals surface area contributed by atoms with E-state index in [1.165, 1.54) is 0 Å². The summed E-state index contributed by atoms with van der Waals surface area (Å²) in [6, 6.07) is 16.0. The Morgan fingerprint density at radius 3 is 2.44 bits per heavy atom. The van der Waals surface area contributed by atoms with Gasteiger partial charge in [0, 0.05) is 44.6 Å². The van der Waals surface area contributed by atoms with Crippen molar-refractivity contribution in [2.24, 2.45) is 0 Å². The molecule has 1 atom stereocenters. The third-order valence-electron chi connectivity index (χ3n) is 6.89. The topological polar surface area (TPSA) is 71.1 Å². The molecule has 7 nitrogen and oxygen atoms in total. The maximum atomic E-state index is 13.1. The molecule has 2 heterocycles. The molecule has 2 saturated heterocycles. The van der Waals surface area contributed by atoms with Gasteiger partial charge in [-0.1, -0.05) is 24.3 Å². The number of hydrogen-bond acceptors (Lipinski definition) is 5. The first-order valence-corrected chi connectivity index (χ1v) is 12.2. The number of para-hydroxylation sites is 2. The molecule has 0 aliphatic carbocycles. The molecule has 7 heteroatoms. The summed E-state index contributed by atoms with van der Waals surface area (Å²) >= 11 is 0. The van der Waals surface area contributed by atoms with Gasteiger partial charge in [0.2, 0.25) is 11.8 Å². The first kappa shape index (κ1) is 23.9. The maximum absolute atomic E-state index is 13.1. The number of carbonyl (C=O) groups excluding carboxylic acids is 2. The zero-order valence-electron chi connectivity index (χ0n) is 20.2. The van der Waals surface area contributed by atoms with Gasteiger partial charge in [0.1, 0.15) is 11.5 Å². The Labute approximate surface area is 202 Å². The molecular weight excluding hydrogens is 430 g/mol. The van der Waals surface area contributed by atoms with Crippen molar-refractivity contribution in [1.29, 1.82) is 0 Å². The average Bonchev–Trinajstić information content (AvgIpc) is 3.24. The van der Waals surface area contributed by atoms with E-state index < -0.39 is 0 Å². The molecule has 2 aliphatic rings. The smallest absolute Gasteiger partial charge is 0.222 e. The lowest BCUT2D eigenvalue weighted by Crippen LogP contribution is -2.50. The predicted octanol–water partition coefficient (Wildman–Crippen LogP) is 3.41. The summed E-state index contributed by atoms with van der Waals surface area (Å²) in [6.07, 6.45) is 3.08. The first-order chi connectivity index (χ1) is 16.5. The summed E-state index contributed by atoms with van der Waals surface area (Å²) in [5.41, 5.74) is 1.86. The molecule has 2 amide bonds. The van der Waals surface area contributed by atoms with E-state index in [9.17, 15) is 9.59 Å². The Hall–Kier alpha value is -3.22. The molecule has 2 aromatic carbocycles. The molecule has 34 heavy (non-hydrogen) atoms. The van der Waals surface area contributed by atoms with Crippen LogP contribution in [0.25, 0.3) is 0 Å². The zero-order valence-corrected chi connectivity index (χ0v) is 20.2. The Balaban J connectivity index is 1.33. The number of nitrogens with one attached hydrogen (secondary N) is 1. The van der Waals surface area contributed by atoms with Gasteiger partial charge in [0.05, 0.1) is 19.4 Å². The third-order valence-corrected chi connectivity index (χ3v) is 6.89. The number of nitrogens with zero attached hydrogens (tertiary/aromatic N) is 2. The van der Waals surface area contributed by atoms with Crippen LogP contribution in [-0.2, 0) is 16.0 Å². The van der Waals surface area contributed by atoms with Crippen LogP contribution in [0.4, 0.5) is 5.69 Å². The second-order valence-corrected chi connectivity index (χ2v) is 9.12. The Morgan fingerprint density at radius 1 is 1.06 bits per heavy atom. The van der Waals surface area contributed by atoms with E-state index in [0.717, 1.165) is 48.7 Å². The van der Waals surface area contributed by atoms with Crippen LogP contribution in [-0.4, -0.2) is 62.1 Å². The Morgan fingerprint density at radius 2 is 1.79 bits per heavy atom. The van der Waals surface area contributed by atoms with Crippen LogP contribution in [0.15, 0.2) is 48.5 Å². The monoisotopic (exact) mass is 465 g/mol. The van der Waals surface area contributed by atoms with Crippen LogP contribution in [0, 0.1) is 0 Å². The van der Waals surface area contributed by atoms with Gasteiger partial charge in [-0.05, 0) is 56.0 Å². The molecular formula is C27H35N3O4. The lowest BCUT2D eigenvalue weighted by molar-refractivity contribution is -0.132. The normalized spacial score (nSPS) is 20.2. The minimum atomic E-state index is -0.362. The average molecular weight is 466 g/mol. The Bertz CT molecular complexity index is 986. The summed E-state index contributed by atoms with van der Waals surface area (Å²) in [6.45, 7) is 5.56. The lowest BCUT2D eigenvalue weighted by atomic mass is 9.85. The Kier molecular flexibility index (Phi) is 7.60. The number of rotatable bonds is 9. The molecule has 0 aromatic heterocycles. The van der Waals surface area contributed by atoms with Gasteiger partial charge in [-0.3, -0.25) is 9.59 Å². The molecule has 0 radical (unpaired) electrons. The van der Waals surface area contributed by atoms with E-state index in [1.54, 1.807) is 7.11 Å². The van der Waals surface area contributed by atoms with Crippen molar-refractivity contribution in [1.82, 2.24) is 10.2 Å². The number of methoxy groups -OCH3 is 1. The predicted molar refractivity (Wildman–Crippen MR) is 132 cm³/mol. The maximum Gasteiger partial charge on any atom is 0.222 e. The summed E-state index contributed by atoms with van der Waals surface area (Å²) in [5, 5.41) is 3.19. The van der Waals surface area contributed by atoms with Gasteiger partial charge in [-0.25, -0.2) is 0 Å². The van der Waals surface area contributed by atoms with Gasteiger partial charge in [0.15, 0.2) is 0 Å². The van der Waals surface area contributed by atoms with Crippen LogP contribution < -0.4 is 19.7 Å². The highest BCUT2D eigenvalue weighted by molar-refractivity contribution is 5.80.